The van der Waals surface area contributed by atoms with Crippen LogP contribution in [0, 0.1) is 6.92 Å². The van der Waals surface area contributed by atoms with Crippen LogP contribution in [0.25, 0.3) is 0 Å². The van der Waals surface area contributed by atoms with Crippen LogP contribution in [0.4, 0.5) is 0 Å². The lowest BCUT2D eigenvalue weighted by molar-refractivity contribution is -0.156. The van der Waals surface area contributed by atoms with E-state index in [1.807, 2.05) is 17.9 Å². The number of nitrogens with one attached hydrogen (secondary N) is 2. The number of carbonyl (C=O) groups is 2. The zero-order chi connectivity index (χ0) is 14.3. The second-order valence-electron chi connectivity index (χ2n) is 3.41. The highest BCUT2D eigenvalue weighted by molar-refractivity contribution is 7.80. The molecule has 0 saturated carbocycles. The van der Waals surface area contributed by atoms with Crippen LogP contribution in [-0.2, 0) is 29.7 Å². The molecule has 104 valence electrons. The maximum Gasteiger partial charge on any atom is 0.398 e. The number of rotatable bonds is 5. The lowest BCUT2D eigenvalue weighted by Gasteiger charge is -2.06. The number of ether oxygens (including phenoxy) is 1. The third-order valence-corrected chi connectivity index (χ3v) is 2.85. The first kappa shape index (κ1) is 15.3. The van der Waals surface area contributed by atoms with Gasteiger partial charge in [0, 0.05) is 0 Å². The van der Waals surface area contributed by atoms with E-state index in [-0.39, 0.29) is 6.61 Å². The van der Waals surface area contributed by atoms with E-state index in [2.05, 4.69) is 9.02 Å². The Kier molecular flexibility index (Phi) is 6.13. The van der Waals surface area contributed by atoms with Gasteiger partial charge in [-0.05, 0) is 26.0 Å². The first-order valence-electron chi connectivity index (χ1n) is 5.42. The van der Waals surface area contributed by atoms with E-state index in [0.717, 1.165) is 5.56 Å². The molecule has 0 spiro atoms. The zero-order valence-corrected chi connectivity index (χ0v) is 11.3. The van der Waals surface area contributed by atoms with Gasteiger partial charge in [-0.1, -0.05) is 23.3 Å². The van der Waals surface area contributed by atoms with Crippen molar-refractivity contribution in [1.29, 1.82) is 0 Å². The minimum absolute atomic E-state index is 0.0857. The van der Waals surface area contributed by atoms with Crippen molar-refractivity contribution in [2.75, 3.05) is 6.61 Å². The Bertz CT molecular complexity index is 474. The fourth-order valence-corrected chi connectivity index (χ4v) is 1.62. The summed E-state index contributed by atoms with van der Waals surface area (Å²) in [6.45, 7) is 3.55. The van der Waals surface area contributed by atoms with Crippen LogP contribution < -0.4 is 11.0 Å². The molecule has 0 aromatic heterocycles. The van der Waals surface area contributed by atoms with Crippen LogP contribution >= 0.6 is 0 Å². The maximum absolute atomic E-state index is 11.6. The summed E-state index contributed by atoms with van der Waals surface area (Å²) in [4.78, 5) is 22.4. The fraction of sp³-hybridized carbons (Fsp3) is 0.273. The topological polar surface area (TPSA) is 93.7 Å². The van der Waals surface area contributed by atoms with Crippen LogP contribution in [0.2, 0.25) is 0 Å². The van der Waals surface area contributed by atoms with Crippen molar-refractivity contribution in [3.05, 3.63) is 29.8 Å². The second-order valence-corrected chi connectivity index (χ2v) is 4.52. The number of carbonyl (C=O) groups excluding carboxylic acids is 2. The van der Waals surface area contributed by atoms with Gasteiger partial charge in [0.2, 0.25) is 11.1 Å². The van der Waals surface area contributed by atoms with Gasteiger partial charge < -0.3 is 4.74 Å². The average Bonchev–Trinajstić information content (AvgIpc) is 2.39. The fourth-order valence-electron chi connectivity index (χ4n) is 1.05. The van der Waals surface area contributed by atoms with Crippen LogP contribution in [0.5, 0.6) is 0 Å². The first-order valence-corrected chi connectivity index (χ1v) is 6.50. The summed E-state index contributed by atoms with van der Waals surface area (Å²) in [5.74, 6) is -2.09. The molecule has 0 saturated heterocycles. The molecule has 19 heavy (non-hydrogen) atoms. The Labute approximate surface area is 112 Å². The molecule has 1 amide bonds. The van der Waals surface area contributed by atoms with Crippen molar-refractivity contribution in [1.82, 2.24) is 11.0 Å². The van der Waals surface area contributed by atoms with Gasteiger partial charge in [0.1, 0.15) is 0 Å². The molecule has 1 atom stereocenters. The van der Waals surface area contributed by atoms with E-state index in [9.17, 15) is 13.8 Å². The first-order chi connectivity index (χ1) is 9.04. The van der Waals surface area contributed by atoms with E-state index in [1.54, 1.807) is 31.2 Å². The highest BCUT2D eigenvalue weighted by Gasteiger charge is 2.14. The van der Waals surface area contributed by atoms with Crippen molar-refractivity contribution in [2.24, 2.45) is 0 Å². The standard InChI is InChI=1S/C11H14N2O5S/c1-3-17-11(15)10(14)12-13-18-19(16)9-6-4-8(2)5-7-9/h4-7,13H,3H2,1-2H3,(H,12,14). The van der Waals surface area contributed by atoms with Gasteiger partial charge in [-0.3, -0.25) is 10.2 Å². The predicted molar refractivity (Wildman–Crippen MR) is 66.6 cm³/mol. The van der Waals surface area contributed by atoms with Crippen LogP contribution in [0.1, 0.15) is 12.5 Å². The number of hydrazine groups is 1. The van der Waals surface area contributed by atoms with Gasteiger partial charge in [0.25, 0.3) is 0 Å². The van der Waals surface area contributed by atoms with E-state index in [0.29, 0.717) is 4.90 Å². The van der Waals surface area contributed by atoms with Gasteiger partial charge >= 0.3 is 11.9 Å². The number of esters is 1. The molecule has 1 rings (SSSR count). The molecule has 0 aliphatic heterocycles. The number of hydrogen-bond acceptors (Lipinski definition) is 6. The van der Waals surface area contributed by atoms with E-state index < -0.39 is 23.0 Å². The van der Waals surface area contributed by atoms with Gasteiger partial charge in [0.05, 0.1) is 11.5 Å². The molecule has 0 bridgehead atoms. The predicted octanol–water partition coefficient (Wildman–Crippen LogP) is 0.133. The number of amides is 1. The maximum atomic E-state index is 11.6. The molecule has 2 N–H and O–H groups in total. The summed E-state index contributed by atoms with van der Waals surface area (Å²) in [5.41, 5.74) is 4.86. The van der Waals surface area contributed by atoms with Gasteiger partial charge in [0.15, 0.2) is 0 Å². The molecule has 0 aliphatic carbocycles. The van der Waals surface area contributed by atoms with Crippen LogP contribution in [0.3, 0.4) is 0 Å². The van der Waals surface area contributed by atoms with E-state index in [1.165, 1.54) is 0 Å². The molecule has 1 aromatic rings. The zero-order valence-electron chi connectivity index (χ0n) is 10.5. The number of hydrogen-bond donors (Lipinski definition) is 2. The van der Waals surface area contributed by atoms with E-state index in [4.69, 9.17) is 0 Å². The molecule has 0 aliphatic rings. The quantitative estimate of drug-likeness (QED) is 0.454. The Morgan fingerprint density at radius 3 is 2.47 bits per heavy atom. The minimum Gasteiger partial charge on any atom is -0.459 e. The molecule has 7 nitrogen and oxygen atoms in total. The molecule has 1 aromatic carbocycles. The Morgan fingerprint density at radius 1 is 1.26 bits per heavy atom. The highest BCUT2D eigenvalue weighted by Crippen LogP contribution is 2.07. The second kappa shape index (κ2) is 7.62. The van der Waals surface area contributed by atoms with Gasteiger partial charge in [-0.15, -0.1) is 0 Å². The molecular weight excluding hydrogens is 272 g/mol. The molecule has 1 unspecified atom stereocenters. The van der Waals surface area contributed by atoms with Gasteiger partial charge in [-0.25, -0.2) is 9.00 Å². The number of benzene rings is 1. The molecular formula is C11H14N2O5S. The summed E-state index contributed by atoms with van der Waals surface area (Å²) in [5, 5.41) is 0. The normalized spacial score (nSPS) is 11.7. The largest absolute Gasteiger partial charge is 0.459 e. The Balaban J connectivity index is 2.37. The van der Waals surface area contributed by atoms with Crippen molar-refractivity contribution in [3.8, 4) is 0 Å². The van der Waals surface area contributed by atoms with Crippen molar-refractivity contribution < 1.29 is 22.8 Å². The van der Waals surface area contributed by atoms with E-state index >= 15 is 0 Å². The summed E-state index contributed by atoms with van der Waals surface area (Å²) in [6, 6.07) is 6.79. The molecule has 0 heterocycles. The molecule has 8 heteroatoms. The third-order valence-electron chi connectivity index (χ3n) is 1.96. The summed E-state index contributed by atoms with van der Waals surface area (Å²) in [7, 11) is 0. The number of aryl methyl sites for hydroxylation is 1. The Hall–Kier alpha value is -1.77. The SMILES string of the molecule is CCOC(=O)C(=O)NNOS(=O)c1ccc(C)cc1. The lowest BCUT2D eigenvalue weighted by Crippen LogP contribution is -2.42. The Morgan fingerprint density at radius 2 is 1.89 bits per heavy atom. The smallest absolute Gasteiger partial charge is 0.398 e. The van der Waals surface area contributed by atoms with Crippen LogP contribution in [0.15, 0.2) is 29.2 Å². The average molecular weight is 286 g/mol. The minimum atomic E-state index is -1.80. The summed E-state index contributed by atoms with van der Waals surface area (Å²) >= 11 is -1.80. The van der Waals surface area contributed by atoms with Crippen molar-refractivity contribution >= 4 is 23.0 Å². The lowest BCUT2D eigenvalue weighted by atomic mass is 10.2. The molecule has 0 radical (unpaired) electrons. The monoisotopic (exact) mass is 286 g/mol. The molecule has 0 fully saturated rings. The summed E-state index contributed by atoms with van der Waals surface area (Å²) < 4.78 is 20.7. The third kappa shape index (κ3) is 5.16. The summed E-state index contributed by atoms with van der Waals surface area (Å²) in [6.07, 6.45) is 0. The van der Waals surface area contributed by atoms with Crippen LogP contribution in [-0.4, -0.2) is 22.7 Å². The van der Waals surface area contributed by atoms with Crippen molar-refractivity contribution in [2.45, 2.75) is 18.7 Å². The van der Waals surface area contributed by atoms with Crippen molar-refractivity contribution in [3.63, 3.8) is 0 Å². The van der Waals surface area contributed by atoms with Gasteiger partial charge in [-0.2, -0.15) is 4.28 Å². The highest BCUT2D eigenvalue weighted by atomic mass is 32.2.